The molecule has 0 aliphatic carbocycles. The molecule has 1 N–H and O–H groups in total. The molecule has 1 unspecified atom stereocenters. The molecule has 0 spiro atoms. The highest BCUT2D eigenvalue weighted by molar-refractivity contribution is 7.99. The number of aryl methyl sites for hydroxylation is 1. The number of thioether (sulfide) groups is 1. The van der Waals surface area contributed by atoms with Crippen LogP contribution in [-0.2, 0) is 10.0 Å². The van der Waals surface area contributed by atoms with Gasteiger partial charge in [0.25, 0.3) is 0 Å². The Balaban J connectivity index is 1.91. The smallest absolute Gasteiger partial charge is 0.207 e. The summed E-state index contributed by atoms with van der Waals surface area (Å²) in [6.07, 6.45) is 0.645. The maximum Gasteiger partial charge on any atom is 0.241 e. The lowest BCUT2D eigenvalue weighted by atomic mass is 10.0. The van der Waals surface area contributed by atoms with Crippen molar-refractivity contribution in [1.29, 1.82) is 0 Å². The number of rotatable bonds is 3. The molecule has 1 atom stereocenters. The number of nitrogens with one attached hydrogen (secondary N) is 1. The van der Waals surface area contributed by atoms with Crippen LogP contribution in [0.1, 0.15) is 23.6 Å². The summed E-state index contributed by atoms with van der Waals surface area (Å²) < 4.78 is 41.5. The summed E-state index contributed by atoms with van der Waals surface area (Å²) in [7, 11) is -3.61. The van der Waals surface area contributed by atoms with Crippen molar-refractivity contribution in [2.75, 3.05) is 5.75 Å². The average Bonchev–Trinajstić information content (AvgIpc) is 2.48. The van der Waals surface area contributed by atoms with E-state index in [4.69, 9.17) is 0 Å². The fraction of sp³-hybridized carbons (Fsp3) is 0.250. The van der Waals surface area contributed by atoms with Gasteiger partial charge in [-0.1, -0.05) is 29.8 Å². The van der Waals surface area contributed by atoms with Gasteiger partial charge in [0, 0.05) is 10.9 Å². The Morgan fingerprint density at radius 1 is 1.18 bits per heavy atom. The van der Waals surface area contributed by atoms with Gasteiger partial charge in [-0.15, -0.1) is 11.8 Å². The van der Waals surface area contributed by atoms with E-state index in [1.54, 1.807) is 36.4 Å². The zero-order valence-corrected chi connectivity index (χ0v) is 13.7. The van der Waals surface area contributed by atoms with Crippen LogP contribution >= 0.6 is 11.8 Å². The standard InChI is InChI=1S/C16H16FNO2S2/c1-11-5-7-12(8-6-11)22(19,20)18-15-9-10-21-16-13(15)3-2-4-14(16)17/h2-8,15,18H,9-10H2,1H3. The van der Waals surface area contributed by atoms with E-state index in [0.29, 0.717) is 22.6 Å². The van der Waals surface area contributed by atoms with Gasteiger partial charge in [-0.25, -0.2) is 17.5 Å². The first-order chi connectivity index (χ1) is 10.5. The lowest BCUT2D eigenvalue weighted by Crippen LogP contribution is -2.31. The highest BCUT2D eigenvalue weighted by atomic mass is 32.2. The molecular formula is C16H16FNO2S2. The molecule has 116 valence electrons. The monoisotopic (exact) mass is 337 g/mol. The zero-order valence-electron chi connectivity index (χ0n) is 12.0. The fourth-order valence-electron chi connectivity index (χ4n) is 2.48. The van der Waals surface area contributed by atoms with E-state index in [9.17, 15) is 12.8 Å². The first-order valence-corrected chi connectivity index (χ1v) is 9.44. The van der Waals surface area contributed by atoms with Gasteiger partial charge >= 0.3 is 0 Å². The molecule has 0 amide bonds. The molecule has 1 aliphatic rings. The number of sulfonamides is 1. The van der Waals surface area contributed by atoms with Gasteiger partial charge in [0.1, 0.15) is 5.82 Å². The van der Waals surface area contributed by atoms with Gasteiger partial charge in [-0.05, 0) is 42.9 Å². The summed E-state index contributed by atoms with van der Waals surface area (Å²) in [4.78, 5) is 0.777. The van der Waals surface area contributed by atoms with Crippen LogP contribution in [0.3, 0.4) is 0 Å². The lowest BCUT2D eigenvalue weighted by Gasteiger charge is -2.26. The zero-order chi connectivity index (χ0) is 15.7. The minimum Gasteiger partial charge on any atom is -0.207 e. The maximum atomic E-state index is 13.8. The highest BCUT2D eigenvalue weighted by Crippen LogP contribution is 2.38. The number of halogens is 1. The summed E-state index contributed by atoms with van der Waals surface area (Å²) in [5, 5.41) is 0. The van der Waals surface area contributed by atoms with Crippen LogP contribution in [-0.4, -0.2) is 14.2 Å². The Bertz CT molecular complexity index is 788. The SMILES string of the molecule is Cc1ccc(S(=O)(=O)NC2CCSc3c(F)cccc32)cc1. The third kappa shape index (κ3) is 3.04. The first-order valence-electron chi connectivity index (χ1n) is 6.97. The molecule has 6 heteroatoms. The van der Waals surface area contributed by atoms with E-state index in [-0.39, 0.29) is 10.7 Å². The van der Waals surface area contributed by atoms with Crippen LogP contribution in [0.15, 0.2) is 52.3 Å². The predicted octanol–water partition coefficient (Wildman–Crippen LogP) is 3.65. The van der Waals surface area contributed by atoms with Crippen molar-refractivity contribution in [3.8, 4) is 0 Å². The number of hydrogen-bond donors (Lipinski definition) is 1. The number of hydrogen-bond acceptors (Lipinski definition) is 3. The van der Waals surface area contributed by atoms with Crippen molar-refractivity contribution < 1.29 is 12.8 Å². The Labute approximate surface area is 134 Å². The quantitative estimate of drug-likeness (QED) is 0.930. The lowest BCUT2D eigenvalue weighted by molar-refractivity contribution is 0.533. The van der Waals surface area contributed by atoms with Crippen LogP contribution in [0, 0.1) is 12.7 Å². The van der Waals surface area contributed by atoms with Gasteiger partial charge in [0.15, 0.2) is 0 Å². The van der Waals surface area contributed by atoms with Crippen molar-refractivity contribution in [2.24, 2.45) is 0 Å². The molecule has 2 aromatic carbocycles. The number of benzene rings is 2. The molecule has 22 heavy (non-hydrogen) atoms. The minimum atomic E-state index is -3.61. The highest BCUT2D eigenvalue weighted by Gasteiger charge is 2.27. The second-order valence-corrected chi connectivity index (χ2v) is 8.10. The van der Waals surface area contributed by atoms with Gasteiger partial charge in [-0.2, -0.15) is 0 Å². The van der Waals surface area contributed by atoms with Crippen LogP contribution in [0.4, 0.5) is 4.39 Å². The Morgan fingerprint density at radius 3 is 2.64 bits per heavy atom. The summed E-state index contributed by atoms with van der Waals surface area (Å²) in [6, 6.07) is 11.1. The minimum absolute atomic E-state index is 0.231. The van der Waals surface area contributed by atoms with Gasteiger partial charge in [0.2, 0.25) is 10.0 Å². The van der Waals surface area contributed by atoms with E-state index >= 15 is 0 Å². The second-order valence-electron chi connectivity index (χ2n) is 5.28. The summed E-state index contributed by atoms with van der Waals surface area (Å²) in [5.41, 5.74) is 1.72. The van der Waals surface area contributed by atoms with Gasteiger partial charge in [0.05, 0.1) is 4.90 Å². The molecule has 0 fully saturated rings. The van der Waals surface area contributed by atoms with E-state index in [0.717, 1.165) is 5.56 Å². The molecule has 3 nitrogen and oxygen atoms in total. The largest absolute Gasteiger partial charge is 0.241 e. The van der Waals surface area contributed by atoms with Crippen LogP contribution < -0.4 is 4.72 Å². The molecule has 0 bridgehead atoms. The molecule has 0 saturated carbocycles. The Hall–Kier alpha value is -1.37. The average molecular weight is 337 g/mol. The van der Waals surface area contributed by atoms with Crippen LogP contribution in [0.5, 0.6) is 0 Å². The van der Waals surface area contributed by atoms with Gasteiger partial charge in [-0.3, -0.25) is 0 Å². The number of fused-ring (bicyclic) bond motifs is 1. The van der Waals surface area contributed by atoms with Crippen molar-refractivity contribution in [3.63, 3.8) is 0 Å². The van der Waals surface area contributed by atoms with Crippen LogP contribution in [0.2, 0.25) is 0 Å². The summed E-state index contributed by atoms with van der Waals surface area (Å²) in [5.74, 6) is 0.399. The molecule has 3 rings (SSSR count). The van der Waals surface area contributed by atoms with Crippen LogP contribution in [0.25, 0.3) is 0 Å². The van der Waals surface area contributed by atoms with Gasteiger partial charge < -0.3 is 0 Å². The molecule has 1 aliphatic heterocycles. The van der Waals surface area contributed by atoms with Crippen molar-refractivity contribution in [3.05, 3.63) is 59.4 Å². The molecular weight excluding hydrogens is 321 g/mol. The molecule has 2 aromatic rings. The van der Waals surface area contributed by atoms with E-state index in [1.165, 1.54) is 17.8 Å². The summed E-state index contributed by atoms with van der Waals surface area (Å²) in [6.45, 7) is 1.90. The van der Waals surface area contributed by atoms with Crippen molar-refractivity contribution in [1.82, 2.24) is 4.72 Å². The Kier molecular flexibility index (Phi) is 4.25. The van der Waals surface area contributed by atoms with Crippen molar-refractivity contribution in [2.45, 2.75) is 29.2 Å². The first kappa shape index (κ1) is 15.5. The van der Waals surface area contributed by atoms with E-state index in [2.05, 4.69) is 4.72 Å². The van der Waals surface area contributed by atoms with Crippen molar-refractivity contribution >= 4 is 21.8 Å². The maximum absolute atomic E-state index is 13.8. The second kappa shape index (κ2) is 6.02. The molecule has 0 saturated heterocycles. The molecule has 1 heterocycles. The third-order valence-electron chi connectivity index (χ3n) is 3.65. The van der Waals surface area contributed by atoms with E-state index in [1.807, 2.05) is 6.92 Å². The third-order valence-corrected chi connectivity index (χ3v) is 6.30. The predicted molar refractivity (Wildman–Crippen MR) is 86.0 cm³/mol. The van der Waals surface area contributed by atoms with E-state index < -0.39 is 16.1 Å². The Morgan fingerprint density at radius 2 is 1.91 bits per heavy atom. The molecule has 0 aromatic heterocycles. The molecule has 0 radical (unpaired) electrons. The topological polar surface area (TPSA) is 46.2 Å². The fourth-order valence-corrected chi connectivity index (χ4v) is 4.87. The summed E-state index contributed by atoms with van der Waals surface area (Å²) >= 11 is 1.43. The normalized spacial score (nSPS) is 18.0.